The van der Waals surface area contributed by atoms with Crippen molar-refractivity contribution in [2.24, 2.45) is 5.10 Å². The third-order valence-corrected chi connectivity index (χ3v) is 6.03. The van der Waals surface area contributed by atoms with Gasteiger partial charge in [-0.2, -0.15) is 16.0 Å². The van der Waals surface area contributed by atoms with Crippen molar-refractivity contribution in [3.63, 3.8) is 0 Å². The predicted molar refractivity (Wildman–Crippen MR) is 58.2 cm³/mol. The number of thiol groups is 1. The van der Waals surface area contributed by atoms with Crippen molar-refractivity contribution in [1.82, 2.24) is 5.01 Å². The molecule has 4 heteroatoms. The van der Waals surface area contributed by atoms with Gasteiger partial charge in [-0.3, -0.25) is 5.01 Å². The summed E-state index contributed by atoms with van der Waals surface area (Å²) < 4.78 is 0.618. The van der Waals surface area contributed by atoms with Crippen LogP contribution < -0.4 is 0 Å². The van der Waals surface area contributed by atoms with Gasteiger partial charge in [-0.05, 0) is 42.7 Å². The number of halogens is 1. The first-order valence-corrected chi connectivity index (χ1v) is 6.48. The van der Waals surface area contributed by atoms with Gasteiger partial charge in [0.1, 0.15) is 3.38 Å². The van der Waals surface area contributed by atoms with Crippen molar-refractivity contribution in [2.75, 3.05) is 6.26 Å². The number of hydrazone groups is 1. The van der Waals surface area contributed by atoms with Crippen molar-refractivity contribution in [1.29, 1.82) is 0 Å². The maximum atomic E-state index is 4.33. The van der Waals surface area contributed by atoms with E-state index in [1.54, 1.807) is 0 Å². The average Bonchev–Trinajstić information content (AvgIpc) is 2.14. The van der Waals surface area contributed by atoms with Crippen molar-refractivity contribution in [3.8, 4) is 0 Å². The van der Waals surface area contributed by atoms with E-state index in [4.69, 9.17) is 0 Å². The van der Waals surface area contributed by atoms with E-state index in [0.717, 1.165) is 0 Å². The van der Waals surface area contributed by atoms with Gasteiger partial charge in [0.25, 0.3) is 0 Å². The number of hydrogen-bond acceptors (Lipinski definition) is 2. The Kier molecular flexibility index (Phi) is 2.85. The Balaban J connectivity index is 2.58. The number of rotatable bonds is 1. The minimum Gasteiger partial charge on any atom is -0.272 e. The van der Waals surface area contributed by atoms with Gasteiger partial charge in [0.05, 0.1) is 5.55 Å². The molecule has 1 rings (SSSR count). The van der Waals surface area contributed by atoms with Gasteiger partial charge < -0.3 is 0 Å². The minimum atomic E-state index is 0.0229. The zero-order valence-corrected chi connectivity index (χ0v) is 9.50. The Labute approximate surface area is 78.5 Å². The van der Waals surface area contributed by atoms with Crippen molar-refractivity contribution >= 4 is 39.0 Å². The zero-order chi connectivity index (χ0) is 7.72. The average molecular weight is 272 g/mol. The van der Waals surface area contributed by atoms with Crippen LogP contribution in [-0.2, 0) is 0 Å². The van der Waals surface area contributed by atoms with E-state index in [9.17, 15) is 0 Å². The molecule has 0 aromatic heterocycles. The minimum absolute atomic E-state index is 0.0229. The van der Waals surface area contributed by atoms with E-state index in [2.05, 4.69) is 58.4 Å². The standard InChI is InChI=1S/C6H13IN2S/c1-5(2)9-6(7)10(3)4-8-9/h4-6,10H,1-3H3. The van der Waals surface area contributed by atoms with Crippen molar-refractivity contribution < 1.29 is 0 Å². The van der Waals surface area contributed by atoms with E-state index < -0.39 is 0 Å². The lowest BCUT2D eigenvalue weighted by Crippen LogP contribution is -2.27. The largest absolute Gasteiger partial charge is 0.272 e. The topological polar surface area (TPSA) is 15.6 Å². The third kappa shape index (κ3) is 1.58. The van der Waals surface area contributed by atoms with Crippen molar-refractivity contribution in [3.05, 3.63) is 0 Å². The lowest BCUT2D eigenvalue weighted by molar-refractivity contribution is 0.274. The van der Waals surface area contributed by atoms with Gasteiger partial charge in [0, 0.05) is 6.04 Å². The fraction of sp³-hybridized carbons (Fsp3) is 0.833. The molecular weight excluding hydrogens is 259 g/mol. The highest BCUT2D eigenvalue weighted by Gasteiger charge is 2.23. The zero-order valence-electron chi connectivity index (χ0n) is 6.45. The van der Waals surface area contributed by atoms with Crippen LogP contribution in [0.4, 0.5) is 0 Å². The fourth-order valence-corrected chi connectivity index (χ4v) is 3.13. The molecule has 0 fully saturated rings. The molecule has 2 unspecified atom stereocenters. The highest BCUT2D eigenvalue weighted by Crippen LogP contribution is 2.38. The summed E-state index contributed by atoms with van der Waals surface area (Å²) in [5, 5.41) is 6.50. The lowest BCUT2D eigenvalue weighted by atomic mass is 10.4. The van der Waals surface area contributed by atoms with Crippen LogP contribution in [-0.4, -0.2) is 26.2 Å². The number of alkyl halides is 1. The van der Waals surface area contributed by atoms with Crippen LogP contribution in [0.25, 0.3) is 0 Å². The normalized spacial score (nSPS) is 35.9. The Morgan fingerprint density at radius 2 is 2.30 bits per heavy atom. The van der Waals surface area contributed by atoms with E-state index in [-0.39, 0.29) is 10.9 Å². The lowest BCUT2D eigenvalue weighted by Gasteiger charge is -2.25. The van der Waals surface area contributed by atoms with Crippen LogP contribution in [0.5, 0.6) is 0 Å². The summed E-state index contributed by atoms with van der Waals surface area (Å²) in [6.45, 7) is 4.36. The monoisotopic (exact) mass is 272 g/mol. The first kappa shape index (κ1) is 8.64. The summed E-state index contributed by atoms with van der Waals surface area (Å²) in [5.74, 6) is 0. The molecule has 0 spiro atoms. The fourth-order valence-electron chi connectivity index (χ4n) is 0.817. The molecule has 0 amide bonds. The van der Waals surface area contributed by atoms with Gasteiger partial charge in [-0.15, -0.1) is 0 Å². The maximum Gasteiger partial charge on any atom is 0.130 e. The Hall–Kier alpha value is 0.550. The van der Waals surface area contributed by atoms with Crippen LogP contribution in [0.15, 0.2) is 5.10 Å². The first-order valence-electron chi connectivity index (χ1n) is 3.31. The van der Waals surface area contributed by atoms with E-state index in [1.807, 2.05) is 0 Å². The third-order valence-electron chi connectivity index (χ3n) is 1.45. The van der Waals surface area contributed by atoms with Crippen LogP contribution in [0.2, 0.25) is 0 Å². The summed E-state index contributed by atoms with van der Waals surface area (Å²) >= 11 is 2.46. The molecule has 1 aliphatic rings. The highest BCUT2D eigenvalue weighted by molar-refractivity contribution is 14.1. The highest BCUT2D eigenvalue weighted by atomic mass is 127. The molecule has 0 radical (unpaired) electrons. The SMILES string of the molecule is CC(C)N1N=C[SH](C)C1I. The van der Waals surface area contributed by atoms with Crippen LogP contribution in [0, 0.1) is 0 Å². The molecule has 60 valence electrons. The molecule has 2 atom stereocenters. The van der Waals surface area contributed by atoms with E-state index in [0.29, 0.717) is 9.42 Å². The molecule has 10 heavy (non-hydrogen) atoms. The van der Waals surface area contributed by atoms with Gasteiger partial charge in [-0.1, -0.05) is 0 Å². The molecule has 0 aromatic rings. The van der Waals surface area contributed by atoms with E-state index >= 15 is 0 Å². The second-order valence-corrected chi connectivity index (χ2v) is 6.90. The molecule has 0 aromatic carbocycles. The molecule has 0 aliphatic carbocycles. The molecule has 0 saturated carbocycles. The Morgan fingerprint density at radius 1 is 1.70 bits per heavy atom. The quantitative estimate of drug-likeness (QED) is 0.334. The Morgan fingerprint density at radius 3 is 2.50 bits per heavy atom. The summed E-state index contributed by atoms with van der Waals surface area (Å²) in [6.07, 6.45) is 2.26. The molecule has 1 heterocycles. The number of nitrogens with zero attached hydrogens (tertiary/aromatic N) is 2. The van der Waals surface area contributed by atoms with Crippen molar-refractivity contribution in [2.45, 2.75) is 23.3 Å². The van der Waals surface area contributed by atoms with Gasteiger partial charge >= 0.3 is 0 Å². The second kappa shape index (κ2) is 3.30. The van der Waals surface area contributed by atoms with Gasteiger partial charge in [-0.25, -0.2) is 0 Å². The molecule has 2 nitrogen and oxygen atoms in total. The van der Waals surface area contributed by atoms with E-state index in [1.165, 1.54) is 0 Å². The van der Waals surface area contributed by atoms with Crippen LogP contribution >= 0.6 is 33.5 Å². The summed E-state index contributed by atoms with van der Waals surface area (Å²) in [6, 6.07) is 0.547. The van der Waals surface area contributed by atoms with Gasteiger partial charge in [0.2, 0.25) is 0 Å². The molecular formula is C6H13IN2S. The van der Waals surface area contributed by atoms with Crippen LogP contribution in [0.3, 0.4) is 0 Å². The number of hydrogen-bond donors (Lipinski definition) is 1. The maximum absolute atomic E-state index is 4.33. The predicted octanol–water partition coefficient (Wildman–Crippen LogP) is 2.00. The summed E-state index contributed by atoms with van der Waals surface area (Å²) in [5.41, 5.74) is 2.09. The first-order chi connectivity index (χ1) is 4.63. The van der Waals surface area contributed by atoms with Crippen LogP contribution in [0.1, 0.15) is 13.8 Å². The summed E-state index contributed by atoms with van der Waals surface area (Å²) in [7, 11) is 0.0229. The molecule has 0 N–H and O–H groups in total. The van der Waals surface area contributed by atoms with Gasteiger partial charge in [0.15, 0.2) is 0 Å². The Bertz CT molecular complexity index is 149. The second-order valence-electron chi connectivity index (χ2n) is 2.68. The molecule has 1 aliphatic heterocycles. The molecule has 0 bridgehead atoms. The molecule has 0 saturated heterocycles. The smallest absolute Gasteiger partial charge is 0.130 e. The summed E-state index contributed by atoms with van der Waals surface area (Å²) in [4.78, 5) is 0.